The zero-order valence-corrected chi connectivity index (χ0v) is 19.6. The van der Waals surface area contributed by atoms with Gasteiger partial charge in [-0.2, -0.15) is 0 Å². The SMILES string of the molecule is c1ccc2c(c1)c1ccccc1c1cc(-c3cccc4c5cccnc5c5ccccc5c34)ccc21. The summed E-state index contributed by atoms with van der Waals surface area (Å²) < 4.78 is 0. The quantitative estimate of drug-likeness (QED) is 0.225. The van der Waals surface area contributed by atoms with Crippen LogP contribution < -0.4 is 0 Å². The Balaban J connectivity index is 1.54. The Bertz CT molecular complexity index is 2070. The summed E-state index contributed by atoms with van der Waals surface area (Å²) in [6.07, 6.45) is 1.89. The molecule has 0 aliphatic carbocycles. The molecule has 8 rings (SSSR count). The third kappa shape index (κ3) is 2.63. The van der Waals surface area contributed by atoms with Gasteiger partial charge in [0.2, 0.25) is 0 Å². The number of fused-ring (bicyclic) bond motifs is 12. The molecule has 0 N–H and O–H groups in total. The molecule has 0 fully saturated rings. The minimum absolute atomic E-state index is 1.06. The lowest BCUT2D eigenvalue weighted by Crippen LogP contribution is -1.89. The second kappa shape index (κ2) is 7.37. The lowest BCUT2D eigenvalue weighted by Gasteiger charge is -2.15. The van der Waals surface area contributed by atoms with E-state index in [1.54, 1.807) is 0 Å². The third-order valence-corrected chi connectivity index (χ3v) is 7.67. The second-order valence-corrected chi connectivity index (χ2v) is 9.52. The van der Waals surface area contributed by atoms with Gasteiger partial charge in [-0.25, -0.2) is 0 Å². The highest BCUT2D eigenvalue weighted by Crippen LogP contribution is 2.42. The molecule has 0 saturated carbocycles. The molecule has 0 atom stereocenters. The minimum atomic E-state index is 1.06. The second-order valence-electron chi connectivity index (χ2n) is 9.52. The van der Waals surface area contributed by atoms with Crippen LogP contribution in [0, 0.1) is 0 Å². The van der Waals surface area contributed by atoms with Gasteiger partial charge >= 0.3 is 0 Å². The van der Waals surface area contributed by atoms with Crippen LogP contribution in [-0.2, 0) is 0 Å². The van der Waals surface area contributed by atoms with Gasteiger partial charge < -0.3 is 0 Å². The van der Waals surface area contributed by atoms with E-state index in [-0.39, 0.29) is 0 Å². The smallest absolute Gasteiger partial charge is 0.0786 e. The lowest BCUT2D eigenvalue weighted by atomic mass is 9.88. The molecule has 0 amide bonds. The molecule has 0 bridgehead atoms. The van der Waals surface area contributed by atoms with Crippen molar-refractivity contribution < 1.29 is 0 Å². The van der Waals surface area contributed by atoms with Gasteiger partial charge in [0, 0.05) is 17.0 Å². The normalized spacial score (nSPS) is 11.9. The molecule has 36 heavy (non-hydrogen) atoms. The van der Waals surface area contributed by atoms with E-state index in [0.29, 0.717) is 0 Å². The van der Waals surface area contributed by atoms with Crippen LogP contribution in [0.2, 0.25) is 0 Å². The van der Waals surface area contributed by atoms with E-state index in [4.69, 9.17) is 4.98 Å². The highest BCUT2D eigenvalue weighted by atomic mass is 14.6. The molecule has 0 radical (unpaired) electrons. The fourth-order valence-electron chi connectivity index (χ4n) is 6.13. The Hall–Kier alpha value is -4.75. The summed E-state index contributed by atoms with van der Waals surface area (Å²) in [5, 5.41) is 14.0. The van der Waals surface area contributed by atoms with Crippen molar-refractivity contribution in [3.05, 3.63) is 128 Å². The van der Waals surface area contributed by atoms with E-state index in [1.165, 1.54) is 70.4 Å². The molecule has 1 heteroatoms. The maximum Gasteiger partial charge on any atom is 0.0786 e. The highest BCUT2D eigenvalue weighted by Gasteiger charge is 2.15. The average Bonchev–Trinajstić information content (AvgIpc) is 2.97. The first kappa shape index (κ1) is 19.5. The number of rotatable bonds is 1. The predicted octanol–water partition coefficient (Wildman–Crippen LogP) is 9.67. The van der Waals surface area contributed by atoms with E-state index in [1.807, 2.05) is 12.3 Å². The van der Waals surface area contributed by atoms with Crippen molar-refractivity contribution in [1.82, 2.24) is 4.98 Å². The summed E-state index contributed by atoms with van der Waals surface area (Å²) >= 11 is 0. The largest absolute Gasteiger partial charge is 0.256 e. The van der Waals surface area contributed by atoms with Crippen molar-refractivity contribution in [3.8, 4) is 11.1 Å². The summed E-state index contributed by atoms with van der Waals surface area (Å²) in [6, 6.07) is 44.1. The molecular weight excluding hydrogens is 434 g/mol. The lowest BCUT2D eigenvalue weighted by molar-refractivity contribution is 1.43. The predicted molar refractivity (Wildman–Crippen MR) is 155 cm³/mol. The summed E-state index contributed by atoms with van der Waals surface area (Å²) in [6.45, 7) is 0. The summed E-state index contributed by atoms with van der Waals surface area (Å²) in [4.78, 5) is 4.77. The van der Waals surface area contributed by atoms with Crippen LogP contribution in [0.3, 0.4) is 0 Å². The van der Waals surface area contributed by atoms with E-state index in [0.717, 1.165) is 5.52 Å². The van der Waals surface area contributed by atoms with Gasteiger partial charge in [0.15, 0.2) is 0 Å². The molecule has 0 unspecified atom stereocenters. The topological polar surface area (TPSA) is 12.9 Å². The van der Waals surface area contributed by atoms with Crippen LogP contribution in [0.1, 0.15) is 0 Å². The van der Waals surface area contributed by atoms with Crippen molar-refractivity contribution in [2.75, 3.05) is 0 Å². The van der Waals surface area contributed by atoms with Crippen LogP contribution in [0.4, 0.5) is 0 Å². The number of benzene rings is 7. The number of aromatic nitrogens is 1. The van der Waals surface area contributed by atoms with Crippen molar-refractivity contribution >= 4 is 64.8 Å². The molecule has 8 aromatic rings. The molecule has 1 heterocycles. The molecule has 1 nitrogen and oxygen atoms in total. The molecular formula is C35H21N. The standard InChI is InChI=1S/C35H21N/c1-2-11-26-24(9-1)25-10-3-4-12-27(25)33-21-22(18-19-28(26)33)23-15-7-16-30-32-17-8-20-36-35(32)31-14-6-5-13-29(31)34(23)30/h1-21H. The highest BCUT2D eigenvalue weighted by molar-refractivity contribution is 6.29. The van der Waals surface area contributed by atoms with Crippen molar-refractivity contribution in [2.24, 2.45) is 0 Å². The molecule has 166 valence electrons. The number of pyridine rings is 1. The Morgan fingerprint density at radius 1 is 0.361 bits per heavy atom. The number of hydrogen-bond acceptors (Lipinski definition) is 1. The summed E-state index contributed by atoms with van der Waals surface area (Å²) in [5.41, 5.74) is 3.56. The van der Waals surface area contributed by atoms with Gasteiger partial charge in [-0.05, 0) is 71.7 Å². The number of hydrogen-bond donors (Lipinski definition) is 0. The van der Waals surface area contributed by atoms with Crippen LogP contribution >= 0.6 is 0 Å². The van der Waals surface area contributed by atoms with Gasteiger partial charge in [-0.15, -0.1) is 0 Å². The van der Waals surface area contributed by atoms with Gasteiger partial charge in [-0.1, -0.05) is 109 Å². The minimum Gasteiger partial charge on any atom is -0.256 e. The monoisotopic (exact) mass is 455 g/mol. The molecule has 0 spiro atoms. The van der Waals surface area contributed by atoms with Gasteiger partial charge in [-0.3, -0.25) is 4.98 Å². The Labute approximate surface area is 208 Å². The van der Waals surface area contributed by atoms with Crippen LogP contribution in [-0.4, -0.2) is 4.98 Å². The van der Waals surface area contributed by atoms with E-state index < -0.39 is 0 Å². The van der Waals surface area contributed by atoms with Crippen molar-refractivity contribution in [2.45, 2.75) is 0 Å². The summed E-state index contributed by atoms with van der Waals surface area (Å²) in [5.74, 6) is 0. The van der Waals surface area contributed by atoms with Crippen molar-refractivity contribution in [3.63, 3.8) is 0 Å². The van der Waals surface area contributed by atoms with E-state index >= 15 is 0 Å². The maximum absolute atomic E-state index is 4.77. The van der Waals surface area contributed by atoms with E-state index in [2.05, 4.69) is 115 Å². The van der Waals surface area contributed by atoms with Gasteiger partial charge in [0.1, 0.15) is 0 Å². The van der Waals surface area contributed by atoms with E-state index in [9.17, 15) is 0 Å². The number of nitrogens with zero attached hydrogens (tertiary/aromatic N) is 1. The van der Waals surface area contributed by atoms with Crippen molar-refractivity contribution in [1.29, 1.82) is 0 Å². The zero-order chi connectivity index (χ0) is 23.6. The van der Waals surface area contributed by atoms with Crippen LogP contribution in [0.25, 0.3) is 75.9 Å². The molecule has 0 aliphatic heterocycles. The average molecular weight is 456 g/mol. The zero-order valence-electron chi connectivity index (χ0n) is 19.6. The Kier molecular flexibility index (Phi) is 4.00. The fraction of sp³-hybridized carbons (Fsp3) is 0. The Morgan fingerprint density at radius 3 is 1.53 bits per heavy atom. The van der Waals surface area contributed by atoms with Crippen LogP contribution in [0.5, 0.6) is 0 Å². The molecule has 7 aromatic carbocycles. The molecule has 1 aromatic heterocycles. The third-order valence-electron chi connectivity index (χ3n) is 7.67. The van der Waals surface area contributed by atoms with Crippen LogP contribution in [0.15, 0.2) is 128 Å². The van der Waals surface area contributed by atoms with Gasteiger partial charge in [0.05, 0.1) is 5.52 Å². The Morgan fingerprint density at radius 2 is 0.861 bits per heavy atom. The maximum atomic E-state index is 4.77. The summed E-state index contributed by atoms with van der Waals surface area (Å²) in [7, 11) is 0. The van der Waals surface area contributed by atoms with Gasteiger partial charge in [0.25, 0.3) is 0 Å². The molecule has 0 saturated heterocycles. The first-order valence-electron chi connectivity index (χ1n) is 12.4. The molecule has 0 aliphatic rings. The first-order chi connectivity index (χ1) is 17.9. The fourth-order valence-corrected chi connectivity index (χ4v) is 6.13. The first-order valence-corrected chi connectivity index (χ1v) is 12.4.